The topological polar surface area (TPSA) is 92.5 Å². The minimum Gasteiger partial charge on any atom is -0.481 e. The van der Waals surface area contributed by atoms with Crippen LogP contribution >= 0.6 is 0 Å². The van der Waals surface area contributed by atoms with Gasteiger partial charge in [0.05, 0.1) is 0 Å². The van der Waals surface area contributed by atoms with Crippen LogP contribution in [-0.2, 0) is 4.79 Å². The standard InChI is InChI=1S/C4H8O2.C2H6O.H3N/c1-2-3-4(5)6;1-2-3;/h2-3H2,1H3,(H,5,6);3H,2H2,1H3;1H3. The van der Waals surface area contributed by atoms with E-state index in [1.807, 2.05) is 6.92 Å². The molecule has 0 amide bonds. The Morgan fingerprint density at radius 2 is 1.70 bits per heavy atom. The van der Waals surface area contributed by atoms with Gasteiger partial charge >= 0.3 is 5.97 Å². The molecule has 0 atom stereocenters. The summed E-state index contributed by atoms with van der Waals surface area (Å²) in [4.78, 5) is 9.60. The predicted molar refractivity (Wildman–Crippen MR) is 40.3 cm³/mol. The van der Waals surface area contributed by atoms with Crippen LogP contribution in [0.3, 0.4) is 0 Å². The summed E-state index contributed by atoms with van der Waals surface area (Å²) in [5.41, 5.74) is 0. The molecule has 0 saturated heterocycles. The summed E-state index contributed by atoms with van der Waals surface area (Å²) >= 11 is 0. The van der Waals surface area contributed by atoms with Gasteiger partial charge in [0.2, 0.25) is 0 Å². The van der Waals surface area contributed by atoms with Crippen LogP contribution in [0.1, 0.15) is 26.7 Å². The van der Waals surface area contributed by atoms with Crippen LogP contribution in [0.5, 0.6) is 0 Å². The summed E-state index contributed by atoms with van der Waals surface area (Å²) in [6.45, 7) is 3.77. The summed E-state index contributed by atoms with van der Waals surface area (Å²) in [6, 6.07) is 0. The van der Waals surface area contributed by atoms with E-state index in [9.17, 15) is 4.79 Å². The average Bonchev–Trinajstić information content (AvgIpc) is 1.67. The number of carboxylic acid groups (broad SMARTS) is 1. The summed E-state index contributed by atoms with van der Waals surface area (Å²) in [5.74, 6) is -0.711. The van der Waals surface area contributed by atoms with Gasteiger partial charge in [0.15, 0.2) is 0 Å². The van der Waals surface area contributed by atoms with Crippen molar-refractivity contribution in [3.63, 3.8) is 0 Å². The van der Waals surface area contributed by atoms with Crippen LogP contribution in [-0.4, -0.2) is 22.8 Å². The first-order valence-corrected chi connectivity index (χ1v) is 3.01. The van der Waals surface area contributed by atoms with Crippen molar-refractivity contribution in [3.8, 4) is 0 Å². The molecule has 0 aromatic heterocycles. The number of carboxylic acids is 1. The van der Waals surface area contributed by atoms with Gasteiger partial charge in [-0.25, -0.2) is 0 Å². The number of rotatable bonds is 2. The largest absolute Gasteiger partial charge is 0.481 e. The zero-order chi connectivity index (χ0) is 7.70. The van der Waals surface area contributed by atoms with Crippen molar-refractivity contribution < 1.29 is 15.0 Å². The Labute approximate surface area is 61.5 Å². The van der Waals surface area contributed by atoms with E-state index < -0.39 is 5.97 Å². The van der Waals surface area contributed by atoms with Crippen molar-refractivity contribution in [1.82, 2.24) is 6.15 Å². The monoisotopic (exact) mass is 151 g/mol. The van der Waals surface area contributed by atoms with Gasteiger partial charge in [-0.15, -0.1) is 0 Å². The van der Waals surface area contributed by atoms with E-state index in [1.54, 1.807) is 6.92 Å². The SMILES string of the molecule is CCCC(=O)O.CCO.N. The van der Waals surface area contributed by atoms with Crippen LogP contribution in [0.2, 0.25) is 0 Å². The maximum atomic E-state index is 9.60. The number of hydrogen-bond acceptors (Lipinski definition) is 3. The van der Waals surface area contributed by atoms with Gasteiger partial charge in [-0.3, -0.25) is 4.79 Å². The van der Waals surface area contributed by atoms with Gasteiger partial charge in [0, 0.05) is 13.0 Å². The Morgan fingerprint density at radius 1 is 1.40 bits per heavy atom. The summed E-state index contributed by atoms with van der Waals surface area (Å²) in [5, 5.41) is 15.5. The molecule has 0 aromatic rings. The fraction of sp³-hybridized carbons (Fsp3) is 0.833. The second kappa shape index (κ2) is 15.8. The lowest BCUT2D eigenvalue weighted by atomic mass is 10.4. The molecule has 64 valence electrons. The van der Waals surface area contributed by atoms with Gasteiger partial charge in [-0.2, -0.15) is 0 Å². The molecule has 0 radical (unpaired) electrons. The van der Waals surface area contributed by atoms with E-state index in [0.717, 1.165) is 6.42 Å². The minimum absolute atomic E-state index is 0. The Hall–Kier alpha value is -0.610. The zero-order valence-corrected chi connectivity index (χ0v) is 6.63. The van der Waals surface area contributed by atoms with E-state index in [0.29, 0.717) is 6.42 Å². The Kier molecular flexibility index (Phi) is 25.5. The fourth-order valence-electron chi connectivity index (χ4n) is 0.214. The molecular weight excluding hydrogens is 134 g/mol. The molecular formula is C6H17NO3. The molecule has 10 heavy (non-hydrogen) atoms. The Bertz CT molecular complexity index is 66.0. The molecule has 0 fully saturated rings. The van der Waals surface area contributed by atoms with Crippen LogP contribution in [0.15, 0.2) is 0 Å². The molecule has 0 bridgehead atoms. The first-order chi connectivity index (χ1) is 4.18. The highest BCUT2D eigenvalue weighted by Gasteiger charge is 1.87. The molecule has 5 N–H and O–H groups in total. The van der Waals surface area contributed by atoms with E-state index in [4.69, 9.17) is 10.2 Å². The first kappa shape index (κ1) is 16.2. The zero-order valence-electron chi connectivity index (χ0n) is 6.63. The van der Waals surface area contributed by atoms with Crippen molar-refractivity contribution in [2.24, 2.45) is 0 Å². The van der Waals surface area contributed by atoms with E-state index in [-0.39, 0.29) is 12.8 Å². The predicted octanol–water partition coefficient (Wildman–Crippen LogP) is 1.03. The minimum atomic E-state index is -0.711. The molecule has 0 aromatic carbocycles. The fourth-order valence-corrected chi connectivity index (χ4v) is 0.214. The summed E-state index contributed by atoms with van der Waals surface area (Å²) in [6.07, 6.45) is 1.02. The number of carbonyl (C=O) groups is 1. The van der Waals surface area contributed by atoms with Crippen molar-refractivity contribution >= 4 is 5.97 Å². The second-order valence-corrected chi connectivity index (χ2v) is 1.46. The molecule has 0 spiro atoms. The Morgan fingerprint density at radius 3 is 1.70 bits per heavy atom. The van der Waals surface area contributed by atoms with E-state index in [1.165, 1.54) is 0 Å². The van der Waals surface area contributed by atoms with Gasteiger partial charge in [0.1, 0.15) is 0 Å². The highest BCUT2D eigenvalue weighted by Crippen LogP contribution is 1.82. The van der Waals surface area contributed by atoms with Crippen LogP contribution in [0, 0.1) is 0 Å². The average molecular weight is 151 g/mol. The summed E-state index contributed by atoms with van der Waals surface area (Å²) in [7, 11) is 0. The molecule has 0 aliphatic carbocycles. The van der Waals surface area contributed by atoms with Crippen molar-refractivity contribution in [3.05, 3.63) is 0 Å². The number of aliphatic hydroxyl groups is 1. The highest BCUT2D eigenvalue weighted by atomic mass is 16.4. The lowest BCUT2D eigenvalue weighted by Gasteiger charge is -1.79. The summed E-state index contributed by atoms with van der Waals surface area (Å²) < 4.78 is 0. The number of aliphatic hydroxyl groups excluding tert-OH is 1. The van der Waals surface area contributed by atoms with Crippen LogP contribution in [0.25, 0.3) is 0 Å². The van der Waals surface area contributed by atoms with Crippen molar-refractivity contribution in [2.75, 3.05) is 6.61 Å². The maximum Gasteiger partial charge on any atom is 0.303 e. The van der Waals surface area contributed by atoms with Gasteiger partial charge in [-0.1, -0.05) is 6.92 Å². The number of hydrogen-bond donors (Lipinski definition) is 3. The van der Waals surface area contributed by atoms with Gasteiger partial charge < -0.3 is 16.4 Å². The smallest absolute Gasteiger partial charge is 0.303 e. The number of aliphatic carboxylic acids is 1. The van der Waals surface area contributed by atoms with Crippen LogP contribution in [0.4, 0.5) is 0 Å². The van der Waals surface area contributed by atoms with E-state index in [2.05, 4.69) is 0 Å². The van der Waals surface area contributed by atoms with Gasteiger partial charge in [-0.05, 0) is 13.3 Å². The normalized spacial score (nSPS) is 6.70. The van der Waals surface area contributed by atoms with E-state index >= 15 is 0 Å². The third-order valence-corrected chi connectivity index (χ3v) is 0.464. The lowest BCUT2D eigenvalue weighted by molar-refractivity contribution is -0.137. The first-order valence-electron chi connectivity index (χ1n) is 3.01. The van der Waals surface area contributed by atoms with Crippen molar-refractivity contribution in [2.45, 2.75) is 26.7 Å². The molecule has 0 rings (SSSR count). The molecule has 4 nitrogen and oxygen atoms in total. The molecule has 0 heterocycles. The quantitative estimate of drug-likeness (QED) is 0.549. The molecule has 0 unspecified atom stereocenters. The molecule has 0 aliphatic heterocycles. The third-order valence-electron chi connectivity index (χ3n) is 0.464. The molecule has 4 heteroatoms. The third kappa shape index (κ3) is 52.8. The second-order valence-electron chi connectivity index (χ2n) is 1.46. The van der Waals surface area contributed by atoms with Gasteiger partial charge in [0.25, 0.3) is 0 Å². The Balaban J connectivity index is -0.000000107. The lowest BCUT2D eigenvalue weighted by Crippen LogP contribution is -1.90. The molecule has 0 aliphatic rings. The molecule has 0 saturated carbocycles. The van der Waals surface area contributed by atoms with Crippen LogP contribution < -0.4 is 6.15 Å². The van der Waals surface area contributed by atoms with Crippen molar-refractivity contribution in [1.29, 1.82) is 0 Å². The highest BCUT2D eigenvalue weighted by molar-refractivity contribution is 5.66. The maximum absolute atomic E-state index is 9.60.